The minimum atomic E-state index is -1.20. The predicted molar refractivity (Wildman–Crippen MR) is 127 cm³/mol. The summed E-state index contributed by atoms with van der Waals surface area (Å²) in [5.74, 6) is -1.22. The molecule has 0 bridgehead atoms. The number of halogens is 1. The number of benzodiazepines with no additional fused rings is 1. The highest BCUT2D eigenvalue weighted by Gasteiger charge is 2.32. The largest absolute Gasteiger partial charge is 0.325 e. The minimum Gasteiger partial charge on any atom is -0.325 e. The van der Waals surface area contributed by atoms with Crippen molar-refractivity contribution in [2.24, 2.45) is 4.99 Å². The fourth-order valence-corrected chi connectivity index (χ4v) is 3.90. The number of carbonyl (C=O) groups is 2. The number of benzene rings is 3. The van der Waals surface area contributed by atoms with Gasteiger partial charge in [0.1, 0.15) is 5.82 Å². The summed E-state index contributed by atoms with van der Waals surface area (Å²) in [6.45, 7) is 0. The minimum absolute atomic E-state index is 0.266. The van der Waals surface area contributed by atoms with Gasteiger partial charge in [-0.2, -0.15) is 0 Å². The van der Waals surface area contributed by atoms with Gasteiger partial charge in [0.05, 0.1) is 17.4 Å². The quantitative estimate of drug-likeness (QED) is 0.614. The van der Waals surface area contributed by atoms with Gasteiger partial charge in [0.2, 0.25) is 12.1 Å². The third-order valence-corrected chi connectivity index (χ3v) is 5.70. The number of nitrogens with one attached hydrogen (secondary N) is 2. The van der Waals surface area contributed by atoms with E-state index in [9.17, 15) is 14.0 Å². The van der Waals surface area contributed by atoms with Crippen molar-refractivity contribution in [3.63, 3.8) is 0 Å². The van der Waals surface area contributed by atoms with E-state index in [-0.39, 0.29) is 11.5 Å². The predicted octanol–water partition coefficient (Wildman–Crippen LogP) is 2.91. The molecule has 0 saturated carbocycles. The maximum Gasteiger partial charge on any atom is 0.272 e. The monoisotopic (exact) mass is 444 g/mol. The summed E-state index contributed by atoms with van der Waals surface area (Å²) in [5.41, 5.74) is 2.78. The summed E-state index contributed by atoms with van der Waals surface area (Å²) in [6, 6.07) is 22.5. The molecule has 2 N–H and O–H groups in total. The van der Waals surface area contributed by atoms with Crippen LogP contribution >= 0.6 is 0 Å². The highest BCUT2D eigenvalue weighted by molar-refractivity contribution is 6.20. The van der Waals surface area contributed by atoms with Gasteiger partial charge in [0, 0.05) is 18.2 Å². The number of nitrogens with zero attached hydrogens (tertiary/aromatic N) is 2. The fraction of sp³-hybridized carbons (Fsp3) is 0.192. The molecule has 0 radical (unpaired) electrons. The van der Waals surface area contributed by atoms with Crippen LogP contribution in [-0.4, -0.2) is 43.8 Å². The molecule has 168 valence electrons. The van der Waals surface area contributed by atoms with Gasteiger partial charge in [-0.1, -0.05) is 60.7 Å². The van der Waals surface area contributed by atoms with Crippen molar-refractivity contribution >= 4 is 23.2 Å². The van der Waals surface area contributed by atoms with E-state index in [0.717, 1.165) is 5.56 Å². The van der Waals surface area contributed by atoms with Crippen LogP contribution < -0.4 is 15.5 Å². The summed E-state index contributed by atoms with van der Waals surface area (Å²) >= 11 is 0. The van der Waals surface area contributed by atoms with Crippen LogP contribution in [0.4, 0.5) is 10.1 Å². The van der Waals surface area contributed by atoms with Gasteiger partial charge in [-0.15, -0.1) is 0 Å². The first-order valence-electron chi connectivity index (χ1n) is 10.7. The first-order chi connectivity index (χ1) is 16.0. The molecule has 6 nitrogen and oxygen atoms in total. The number of hydrogen-bond acceptors (Lipinski definition) is 4. The van der Waals surface area contributed by atoms with Gasteiger partial charge in [-0.25, -0.2) is 9.38 Å². The lowest BCUT2D eigenvalue weighted by molar-refractivity contribution is -0.128. The van der Waals surface area contributed by atoms with Crippen LogP contribution in [-0.2, 0) is 16.0 Å². The first kappa shape index (κ1) is 22.4. The molecule has 3 aromatic rings. The molecule has 0 saturated heterocycles. The van der Waals surface area contributed by atoms with Crippen LogP contribution in [0.5, 0.6) is 0 Å². The Kier molecular flexibility index (Phi) is 6.60. The van der Waals surface area contributed by atoms with Crippen LogP contribution in [0.25, 0.3) is 0 Å². The number of amides is 2. The van der Waals surface area contributed by atoms with Gasteiger partial charge >= 0.3 is 0 Å². The molecule has 0 aromatic heterocycles. The zero-order valence-corrected chi connectivity index (χ0v) is 18.5. The molecule has 1 aliphatic rings. The molecule has 7 heteroatoms. The molecule has 0 fully saturated rings. The number of hydrogen-bond donors (Lipinski definition) is 2. The molecular formula is C26H25FN4O2. The Labute approximate surface area is 192 Å². The van der Waals surface area contributed by atoms with Crippen molar-refractivity contribution in [1.29, 1.82) is 0 Å². The Morgan fingerprint density at radius 2 is 1.64 bits per heavy atom. The lowest BCUT2D eigenvalue weighted by atomic mass is 10.00. The van der Waals surface area contributed by atoms with E-state index in [0.29, 0.717) is 23.4 Å². The molecule has 33 heavy (non-hydrogen) atoms. The number of para-hydroxylation sites is 1. The molecule has 0 spiro atoms. The second-order valence-electron chi connectivity index (χ2n) is 7.81. The smallest absolute Gasteiger partial charge is 0.272 e. The number of anilines is 1. The van der Waals surface area contributed by atoms with Crippen LogP contribution in [0.15, 0.2) is 83.9 Å². The third kappa shape index (κ3) is 4.68. The zero-order valence-electron chi connectivity index (χ0n) is 18.5. The summed E-state index contributed by atoms with van der Waals surface area (Å²) in [5, 5.41) is 5.77. The van der Waals surface area contributed by atoms with Gasteiger partial charge in [-0.3, -0.25) is 9.59 Å². The molecule has 4 rings (SSSR count). The summed E-state index contributed by atoms with van der Waals surface area (Å²) < 4.78 is 14.7. The average Bonchev–Trinajstić information content (AvgIpc) is 2.94. The van der Waals surface area contributed by atoms with Crippen molar-refractivity contribution < 1.29 is 14.0 Å². The van der Waals surface area contributed by atoms with Gasteiger partial charge < -0.3 is 15.5 Å². The molecule has 3 aromatic carbocycles. The highest BCUT2D eigenvalue weighted by atomic mass is 19.1. The Balaban J connectivity index is 1.70. The highest BCUT2D eigenvalue weighted by Crippen LogP contribution is 2.28. The van der Waals surface area contributed by atoms with Crippen molar-refractivity contribution in [3.8, 4) is 0 Å². The topological polar surface area (TPSA) is 73.8 Å². The number of likely N-dealkylation sites (N-methyl/N-ethyl adjacent to an activating group) is 2. The van der Waals surface area contributed by atoms with Crippen LogP contribution in [0.1, 0.15) is 16.7 Å². The molecular weight excluding hydrogens is 419 g/mol. The molecule has 0 aliphatic carbocycles. The Hall–Kier alpha value is -3.84. The van der Waals surface area contributed by atoms with Gasteiger partial charge in [-0.05, 0) is 37.2 Å². The first-order valence-corrected chi connectivity index (χ1v) is 10.7. The summed E-state index contributed by atoms with van der Waals surface area (Å²) in [7, 11) is 3.32. The SMILES string of the molecule is CN[C@@H](Cc1ccccc1)C(=O)NC1N=C(c2ccccc2F)c2ccccc2N(C)C1=O. The van der Waals surface area contributed by atoms with E-state index < -0.39 is 23.9 Å². The number of carbonyl (C=O) groups excluding carboxylic acids is 2. The van der Waals surface area contributed by atoms with Crippen LogP contribution in [0, 0.1) is 5.82 Å². The Morgan fingerprint density at radius 3 is 2.33 bits per heavy atom. The summed E-state index contributed by atoms with van der Waals surface area (Å²) in [4.78, 5) is 32.4. The maximum atomic E-state index is 14.7. The molecule has 1 aliphatic heterocycles. The van der Waals surface area contributed by atoms with Crippen LogP contribution in [0.2, 0.25) is 0 Å². The second kappa shape index (κ2) is 9.75. The van der Waals surface area contributed by atoms with Gasteiger partial charge in [0.15, 0.2) is 0 Å². The van der Waals surface area contributed by atoms with Crippen molar-refractivity contribution in [2.75, 3.05) is 19.0 Å². The summed E-state index contributed by atoms with van der Waals surface area (Å²) in [6.07, 6.45) is -0.750. The maximum absolute atomic E-state index is 14.7. The van der Waals surface area contributed by atoms with E-state index in [4.69, 9.17) is 0 Å². The molecule has 1 heterocycles. The van der Waals surface area contributed by atoms with E-state index in [2.05, 4.69) is 15.6 Å². The molecule has 1 unspecified atom stereocenters. The Morgan fingerprint density at radius 1 is 1.00 bits per heavy atom. The van der Waals surface area contributed by atoms with E-state index in [1.165, 1.54) is 11.0 Å². The lowest BCUT2D eigenvalue weighted by Crippen LogP contribution is -2.52. The van der Waals surface area contributed by atoms with E-state index in [1.54, 1.807) is 50.5 Å². The van der Waals surface area contributed by atoms with Crippen molar-refractivity contribution in [3.05, 3.63) is 101 Å². The standard InChI is InChI=1S/C26H25FN4O2/c1-28-21(16-17-10-4-3-5-11-17)25(32)30-24-26(33)31(2)22-15-9-7-13-19(22)23(29-24)18-12-6-8-14-20(18)27/h3-15,21,24,28H,16H2,1-2H3,(H,30,32)/t21-,24?/m0/s1. The normalized spacial score (nSPS) is 16.5. The van der Waals surface area contributed by atoms with E-state index >= 15 is 0 Å². The lowest BCUT2D eigenvalue weighted by Gasteiger charge is -2.23. The molecule has 2 atom stereocenters. The zero-order chi connectivity index (χ0) is 23.4. The third-order valence-electron chi connectivity index (χ3n) is 5.70. The number of fused-ring (bicyclic) bond motifs is 1. The van der Waals surface area contributed by atoms with Crippen LogP contribution in [0.3, 0.4) is 0 Å². The number of aliphatic imine (C=N–C) groups is 1. The van der Waals surface area contributed by atoms with Crippen molar-refractivity contribution in [2.45, 2.75) is 18.6 Å². The fourth-order valence-electron chi connectivity index (χ4n) is 3.90. The van der Waals surface area contributed by atoms with Gasteiger partial charge in [0.25, 0.3) is 5.91 Å². The Bertz CT molecular complexity index is 1200. The molecule has 2 amide bonds. The number of rotatable bonds is 6. The average molecular weight is 445 g/mol. The van der Waals surface area contributed by atoms with E-state index in [1.807, 2.05) is 36.4 Å². The van der Waals surface area contributed by atoms with Crippen molar-refractivity contribution in [1.82, 2.24) is 10.6 Å². The second-order valence-corrected chi connectivity index (χ2v) is 7.81.